The Labute approximate surface area is 77.4 Å². The molecule has 4 aliphatic heterocycles. The molecule has 1 unspecified atom stereocenters. The summed E-state index contributed by atoms with van der Waals surface area (Å²) in [6, 6.07) is 0. The summed E-state index contributed by atoms with van der Waals surface area (Å²) < 4.78 is 11.2. The zero-order valence-electron chi connectivity index (χ0n) is 8.00. The number of carbonyl (C=O) groups is 1. The van der Waals surface area contributed by atoms with Gasteiger partial charge in [-0.3, -0.25) is 4.79 Å². The predicted molar refractivity (Wildman–Crippen MR) is 44.8 cm³/mol. The zero-order chi connectivity index (χ0) is 9.27. The Bertz CT molecular complexity index is 286. The van der Waals surface area contributed by atoms with Crippen molar-refractivity contribution in [3.05, 3.63) is 0 Å². The Morgan fingerprint density at radius 1 is 1.46 bits per heavy atom. The summed E-state index contributed by atoms with van der Waals surface area (Å²) in [5.74, 6) is -0.136. The van der Waals surface area contributed by atoms with E-state index < -0.39 is 5.79 Å². The molecular formula is C10H14O3. The van der Waals surface area contributed by atoms with E-state index in [1.54, 1.807) is 0 Å². The standard InChI is InChI=1S/C10H14O3/c1-9-5-6-3-4-10(2,13-9)12-8(11)7(6)9/h6-7H,3-5H2,1-2H3/t6?,7-,9-,10+/m0/s1. The van der Waals surface area contributed by atoms with Crippen LogP contribution in [0.3, 0.4) is 0 Å². The highest BCUT2D eigenvalue weighted by Crippen LogP contribution is 2.58. The van der Waals surface area contributed by atoms with Gasteiger partial charge < -0.3 is 9.47 Å². The van der Waals surface area contributed by atoms with E-state index in [0.29, 0.717) is 5.92 Å². The molecule has 4 bridgehead atoms. The number of rotatable bonds is 0. The van der Waals surface area contributed by atoms with Crippen molar-refractivity contribution in [2.75, 3.05) is 0 Å². The lowest BCUT2D eigenvalue weighted by molar-refractivity contribution is -0.325. The first-order valence-corrected chi connectivity index (χ1v) is 4.95. The van der Waals surface area contributed by atoms with Crippen molar-refractivity contribution >= 4 is 5.97 Å². The van der Waals surface area contributed by atoms with Crippen LogP contribution < -0.4 is 0 Å². The molecule has 13 heavy (non-hydrogen) atoms. The lowest BCUT2D eigenvalue weighted by atomic mass is 9.61. The van der Waals surface area contributed by atoms with Gasteiger partial charge in [-0.15, -0.1) is 0 Å². The molecule has 0 aromatic heterocycles. The van der Waals surface area contributed by atoms with Crippen LogP contribution in [0.2, 0.25) is 0 Å². The average molecular weight is 182 g/mol. The fraction of sp³-hybridized carbons (Fsp3) is 0.900. The van der Waals surface area contributed by atoms with Crippen molar-refractivity contribution in [1.29, 1.82) is 0 Å². The molecule has 4 saturated heterocycles. The summed E-state index contributed by atoms with van der Waals surface area (Å²) in [6.45, 7) is 3.92. The first-order chi connectivity index (χ1) is 6.03. The van der Waals surface area contributed by atoms with E-state index in [2.05, 4.69) is 0 Å². The summed E-state index contributed by atoms with van der Waals surface area (Å²) in [5, 5.41) is 0. The summed E-state index contributed by atoms with van der Waals surface area (Å²) in [5.41, 5.74) is -0.217. The van der Waals surface area contributed by atoms with Gasteiger partial charge in [0.15, 0.2) is 0 Å². The van der Waals surface area contributed by atoms with Crippen LogP contribution in [0.1, 0.15) is 33.1 Å². The SMILES string of the molecule is C[C@]12CCC3C[C@](C)(O1)[C@@H]3C(=O)O2. The fourth-order valence-electron chi connectivity index (χ4n) is 3.26. The van der Waals surface area contributed by atoms with Crippen molar-refractivity contribution in [2.24, 2.45) is 11.8 Å². The van der Waals surface area contributed by atoms with Gasteiger partial charge in [-0.2, -0.15) is 0 Å². The van der Waals surface area contributed by atoms with Gasteiger partial charge in [-0.25, -0.2) is 0 Å². The maximum atomic E-state index is 11.6. The van der Waals surface area contributed by atoms with E-state index in [1.165, 1.54) is 0 Å². The van der Waals surface area contributed by atoms with E-state index in [9.17, 15) is 4.79 Å². The van der Waals surface area contributed by atoms with Crippen molar-refractivity contribution < 1.29 is 14.3 Å². The van der Waals surface area contributed by atoms with Crippen LogP contribution in [0.15, 0.2) is 0 Å². The van der Waals surface area contributed by atoms with Gasteiger partial charge in [0.2, 0.25) is 5.79 Å². The number of hydrogen-bond acceptors (Lipinski definition) is 3. The normalized spacial score (nSPS) is 58.2. The van der Waals surface area contributed by atoms with Crippen molar-refractivity contribution in [1.82, 2.24) is 0 Å². The number of hydrogen-bond donors (Lipinski definition) is 0. The molecule has 0 aromatic rings. The van der Waals surface area contributed by atoms with E-state index in [-0.39, 0.29) is 17.5 Å². The van der Waals surface area contributed by atoms with Crippen LogP contribution in [0.4, 0.5) is 0 Å². The van der Waals surface area contributed by atoms with Crippen LogP contribution in [0, 0.1) is 11.8 Å². The second kappa shape index (κ2) is 1.92. The zero-order valence-corrected chi connectivity index (χ0v) is 8.00. The molecule has 0 radical (unpaired) electrons. The highest BCUT2D eigenvalue weighted by atomic mass is 16.7. The molecule has 3 heteroatoms. The van der Waals surface area contributed by atoms with Crippen molar-refractivity contribution in [3.63, 3.8) is 0 Å². The van der Waals surface area contributed by atoms with Crippen LogP contribution in [0.25, 0.3) is 0 Å². The number of carbonyl (C=O) groups excluding carboxylic acids is 1. The third-order valence-electron chi connectivity index (χ3n) is 3.79. The van der Waals surface area contributed by atoms with Crippen LogP contribution in [-0.4, -0.2) is 17.4 Å². The molecule has 1 saturated carbocycles. The van der Waals surface area contributed by atoms with E-state index in [0.717, 1.165) is 19.3 Å². The van der Waals surface area contributed by atoms with Crippen LogP contribution >= 0.6 is 0 Å². The molecule has 0 aromatic carbocycles. The highest BCUT2D eigenvalue weighted by molar-refractivity contribution is 5.77. The van der Waals surface area contributed by atoms with Gasteiger partial charge in [0.05, 0.1) is 11.5 Å². The van der Waals surface area contributed by atoms with Gasteiger partial charge in [0.25, 0.3) is 0 Å². The van der Waals surface area contributed by atoms with Crippen molar-refractivity contribution in [2.45, 2.75) is 44.5 Å². The first kappa shape index (κ1) is 7.80. The maximum Gasteiger partial charge on any atom is 0.314 e. The summed E-state index contributed by atoms with van der Waals surface area (Å²) in [4.78, 5) is 11.6. The molecule has 4 heterocycles. The minimum Gasteiger partial charge on any atom is -0.433 e. The summed E-state index contributed by atoms with van der Waals surface area (Å²) in [6.07, 6.45) is 2.96. The second-order valence-electron chi connectivity index (χ2n) is 4.95. The number of ether oxygens (including phenoxy) is 2. The first-order valence-electron chi connectivity index (χ1n) is 4.95. The van der Waals surface area contributed by atoms with Crippen LogP contribution in [-0.2, 0) is 14.3 Å². The van der Waals surface area contributed by atoms with Crippen molar-refractivity contribution in [3.8, 4) is 0 Å². The molecular weight excluding hydrogens is 168 g/mol. The molecule has 4 atom stereocenters. The molecule has 0 N–H and O–H groups in total. The Morgan fingerprint density at radius 2 is 2.23 bits per heavy atom. The minimum atomic E-state index is -0.631. The monoisotopic (exact) mass is 182 g/mol. The Morgan fingerprint density at radius 3 is 2.92 bits per heavy atom. The Kier molecular flexibility index (Phi) is 1.15. The number of fused-ring (bicyclic) bond motifs is 1. The van der Waals surface area contributed by atoms with Gasteiger partial charge in [0, 0.05) is 13.3 Å². The van der Waals surface area contributed by atoms with E-state index in [4.69, 9.17) is 9.47 Å². The number of esters is 1. The molecule has 72 valence electrons. The Hall–Kier alpha value is -0.570. The minimum absolute atomic E-state index is 0.0167. The lowest BCUT2D eigenvalue weighted by Gasteiger charge is -2.54. The second-order valence-corrected chi connectivity index (χ2v) is 4.95. The van der Waals surface area contributed by atoms with Gasteiger partial charge in [0.1, 0.15) is 0 Å². The third-order valence-corrected chi connectivity index (χ3v) is 3.79. The molecule has 0 spiro atoms. The lowest BCUT2D eigenvalue weighted by Crippen LogP contribution is -2.63. The maximum absolute atomic E-state index is 11.6. The molecule has 3 nitrogen and oxygen atoms in total. The predicted octanol–water partition coefficient (Wildman–Crippen LogP) is 1.46. The summed E-state index contributed by atoms with van der Waals surface area (Å²) in [7, 11) is 0. The molecule has 0 amide bonds. The Balaban J connectivity index is 2.06. The summed E-state index contributed by atoms with van der Waals surface area (Å²) >= 11 is 0. The van der Waals surface area contributed by atoms with Gasteiger partial charge >= 0.3 is 5.97 Å². The van der Waals surface area contributed by atoms with E-state index >= 15 is 0 Å². The van der Waals surface area contributed by atoms with Gasteiger partial charge in [-0.05, 0) is 25.7 Å². The molecule has 5 fully saturated rings. The van der Waals surface area contributed by atoms with E-state index in [1.807, 2.05) is 13.8 Å². The fourth-order valence-corrected chi connectivity index (χ4v) is 3.26. The van der Waals surface area contributed by atoms with Gasteiger partial charge in [-0.1, -0.05) is 0 Å². The largest absolute Gasteiger partial charge is 0.433 e. The molecule has 1 aliphatic carbocycles. The average Bonchev–Trinajstić information content (AvgIpc) is 2.15. The quantitative estimate of drug-likeness (QED) is 0.532. The molecule has 5 rings (SSSR count). The topological polar surface area (TPSA) is 35.5 Å². The highest BCUT2D eigenvalue weighted by Gasteiger charge is 2.65. The van der Waals surface area contributed by atoms with Crippen LogP contribution in [0.5, 0.6) is 0 Å². The third kappa shape index (κ3) is 0.810. The smallest absolute Gasteiger partial charge is 0.314 e. The molecule has 5 aliphatic rings.